The third kappa shape index (κ3) is 3.74. The lowest BCUT2D eigenvalue weighted by Gasteiger charge is -2.25. The van der Waals surface area contributed by atoms with Crippen molar-refractivity contribution >= 4 is 14.2 Å². The summed E-state index contributed by atoms with van der Waals surface area (Å²) in [4.78, 5) is 5.64. The van der Waals surface area contributed by atoms with Gasteiger partial charge in [-0.05, 0) is 0 Å². The van der Waals surface area contributed by atoms with E-state index in [-0.39, 0.29) is 5.45 Å². The van der Waals surface area contributed by atoms with E-state index in [1.165, 1.54) is 0 Å². The van der Waals surface area contributed by atoms with Crippen LogP contribution in [0.25, 0.3) is 0 Å². The van der Waals surface area contributed by atoms with Gasteiger partial charge in [0.25, 0.3) is 0 Å². The van der Waals surface area contributed by atoms with Crippen LogP contribution in [0.5, 0.6) is 0 Å². The number of imidazole rings is 1. The Bertz CT molecular complexity index is 453. The van der Waals surface area contributed by atoms with Crippen LogP contribution < -0.4 is 5.45 Å². The maximum Gasteiger partial charge on any atom is 0.389 e. The quantitative estimate of drug-likeness (QED) is 0.653. The van der Waals surface area contributed by atoms with Crippen molar-refractivity contribution in [3.05, 3.63) is 11.9 Å². The molecule has 1 aromatic rings. The minimum Gasteiger partial charge on any atom is -0.345 e. The molecule has 1 rings (SSSR count). The molecule has 0 aliphatic rings. The van der Waals surface area contributed by atoms with Crippen molar-refractivity contribution in [2.75, 3.05) is 0 Å². The van der Waals surface area contributed by atoms with Crippen LogP contribution in [0, 0.1) is 0 Å². The van der Waals surface area contributed by atoms with Gasteiger partial charge < -0.3 is 4.98 Å². The van der Waals surface area contributed by atoms with Crippen molar-refractivity contribution in [1.82, 2.24) is 9.97 Å². The molecular weight excluding hydrogens is 309 g/mol. The Balaban J connectivity index is 2.94. The molecule has 0 unspecified atom stereocenters. The van der Waals surface area contributed by atoms with Gasteiger partial charge in [0.05, 0.1) is 11.6 Å². The Kier molecular flexibility index (Phi) is 4.57. The lowest BCUT2D eigenvalue weighted by molar-refractivity contribution is -0.235. The van der Waals surface area contributed by atoms with E-state index in [0.29, 0.717) is 6.20 Å². The number of hydrogen-bond acceptors (Lipinski definition) is 1. The summed E-state index contributed by atoms with van der Waals surface area (Å²) in [5, 5.41) is 0. The van der Waals surface area contributed by atoms with Gasteiger partial charge in [-0.1, -0.05) is 13.1 Å². The Morgan fingerprint density at radius 1 is 1.05 bits per heavy atom. The molecule has 0 aromatic carbocycles. The highest BCUT2D eigenvalue weighted by molar-refractivity contribution is 6.69. The molecule has 0 saturated carbocycles. The molecule has 0 atom stereocenters. The SMILES string of the molecule is C[Si](C)c1ncc(C(F)(F)C(F)(F)CCC(F)(F)F)[nH]1. The first-order chi connectivity index (χ1) is 8.87. The Labute approximate surface area is 112 Å². The highest BCUT2D eigenvalue weighted by Crippen LogP contribution is 2.45. The van der Waals surface area contributed by atoms with Crippen LogP contribution in [0.15, 0.2) is 6.20 Å². The van der Waals surface area contributed by atoms with Crippen LogP contribution in [0.1, 0.15) is 18.5 Å². The molecule has 1 heterocycles. The van der Waals surface area contributed by atoms with Gasteiger partial charge in [-0.3, -0.25) is 0 Å². The average Bonchev–Trinajstić information content (AvgIpc) is 2.75. The van der Waals surface area contributed by atoms with Crippen molar-refractivity contribution in [1.29, 1.82) is 0 Å². The first-order valence-corrected chi connectivity index (χ1v) is 8.05. The molecular formula is C10H12F7N2Si. The minimum atomic E-state index is -4.92. The topological polar surface area (TPSA) is 28.7 Å². The van der Waals surface area contributed by atoms with E-state index >= 15 is 0 Å². The molecule has 0 aliphatic heterocycles. The summed E-state index contributed by atoms with van der Waals surface area (Å²) in [5.74, 6) is -9.53. The predicted octanol–water partition coefficient (Wildman–Crippen LogP) is 3.44. The number of hydrogen-bond donors (Lipinski definition) is 1. The van der Waals surface area contributed by atoms with Crippen LogP contribution in [0.4, 0.5) is 30.7 Å². The fraction of sp³-hybridized carbons (Fsp3) is 0.700. The van der Waals surface area contributed by atoms with Crippen LogP contribution >= 0.6 is 0 Å². The normalized spacial score (nSPS) is 14.1. The lowest BCUT2D eigenvalue weighted by Crippen LogP contribution is -2.40. The van der Waals surface area contributed by atoms with E-state index in [1.54, 1.807) is 13.1 Å². The van der Waals surface area contributed by atoms with Crippen molar-refractivity contribution in [2.45, 2.75) is 44.0 Å². The van der Waals surface area contributed by atoms with Crippen molar-refractivity contribution < 1.29 is 30.7 Å². The maximum atomic E-state index is 13.6. The molecule has 0 saturated heterocycles. The Hall–Kier alpha value is -1.06. The fourth-order valence-corrected chi connectivity index (χ4v) is 2.10. The minimum absolute atomic E-state index is 0.163. The van der Waals surface area contributed by atoms with Crippen molar-refractivity contribution in [2.24, 2.45) is 0 Å². The molecule has 1 N–H and O–H groups in total. The van der Waals surface area contributed by atoms with Crippen LogP contribution in [0.2, 0.25) is 13.1 Å². The first-order valence-electron chi connectivity index (χ1n) is 5.55. The van der Waals surface area contributed by atoms with Crippen LogP contribution in [-0.4, -0.2) is 30.9 Å². The first kappa shape index (κ1) is 17.0. The summed E-state index contributed by atoms with van der Waals surface area (Å²) < 4.78 is 89.6. The maximum absolute atomic E-state index is 13.6. The zero-order valence-corrected chi connectivity index (χ0v) is 11.6. The van der Waals surface area contributed by atoms with Gasteiger partial charge in [0.1, 0.15) is 14.5 Å². The smallest absolute Gasteiger partial charge is 0.345 e. The summed E-state index contributed by atoms with van der Waals surface area (Å²) in [5.41, 5.74) is -0.998. The van der Waals surface area contributed by atoms with Gasteiger partial charge in [0.2, 0.25) is 0 Å². The molecule has 2 nitrogen and oxygen atoms in total. The molecule has 0 aliphatic carbocycles. The number of halogens is 7. The monoisotopic (exact) mass is 321 g/mol. The van der Waals surface area contributed by atoms with Crippen molar-refractivity contribution in [3.63, 3.8) is 0 Å². The third-order valence-electron chi connectivity index (χ3n) is 2.57. The zero-order valence-electron chi connectivity index (χ0n) is 10.6. The molecule has 0 fully saturated rings. The number of alkyl halides is 7. The summed E-state index contributed by atoms with van der Waals surface area (Å²) in [6.07, 6.45) is -8.32. The molecule has 0 spiro atoms. The summed E-state index contributed by atoms with van der Waals surface area (Å²) >= 11 is 0. The number of rotatable bonds is 5. The molecule has 115 valence electrons. The molecule has 1 radical (unpaired) electrons. The largest absolute Gasteiger partial charge is 0.389 e. The van der Waals surface area contributed by atoms with E-state index in [9.17, 15) is 30.7 Å². The van der Waals surface area contributed by atoms with Gasteiger partial charge >= 0.3 is 18.0 Å². The third-order valence-corrected chi connectivity index (χ3v) is 3.77. The van der Waals surface area contributed by atoms with Crippen LogP contribution in [0.3, 0.4) is 0 Å². The van der Waals surface area contributed by atoms with Gasteiger partial charge in [-0.15, -0.1) is 0 Å². The average molecular weight is 321 g/mol. The number of nitrogens with zero attached hydrogens (tertiary/aromatic N) is 1. The van der Waals surface area contributed by atoms with E-state index in [1.807, 2.05) is 0 Å². The number of H-pyrrole nitrogens is 1. The Morgan fingerprint density at radius 3 is 2.00 bits per heavy atom. The van der Waals surface area contributed by atoms with Gasteiger partial charge in [0, 0.05) is 12.8 Å². The second kappa shape index (κ2) is 5.38. The lowest BCUT2D eigenvalue weighted by atomic mass is 10.0. The number of aromatic amines is 1. The highest BCUT2D eigenvalue weighted by atomic mass is 28.3. The zero-order chi connectivity index (χ0) is 15.8. The number of nitrogens with one attached hydrogen (secondary N) is 1. The van der Waals surface area contributed by atoms with E-state index in [0.717, 1.165) is 0 Å². The summed E-state index contributed by atoms with van der Waals surface area (Å²) in [6, 6.07) is 0. The van der Waals surface area contributed by atoms with Gasteiger partial charge in [-0.2, -0.15) is 30.7 Å². The summed E-state index contributed by atoms with van der Waals surface area (Å²) in [6.45, 7) is 3.40. The van der Waals surface area contributed by atoms with E-state index in [2.05, 4.69) is 9.97 Å². The Morgan fingerprint density at radius 2 is 1.60 bits per heavy atom. The van der Waals surface area contributed by atoms with E-state index < -0.39 is 45.4 Å². The van der Waals surface area contributed by atoms with Crippen molar-refractivity contribution in [3.8, 4) is 0 Å². The van der Waals surface area contributed by atoms with E-state index in [4.69, 9.17) is 0 Å². The molecule has 0 bridgehead atoms. The highest BCUT2D eigenvalue weighted by Gasteiger charge is 2.59. The molecule has 20 heavy (non-hydrogen) atoms. The number of aromatic nitrogens is 2. The second-order valence-electron chi connectivity index (χ2n) is 4.54. The predicted molar refractivity (Wildman–Crippen MR) is 59.8 cm³/mol. The molecule has 10 heteroatoms. The standard InChI is InChI=1S/C10H12F7N2Si/c1-20(2)7-18-5-6(19-7)10(16,17)8(11,12)3-4-9(13,14)15/h5H,3-4H2,1-2H3,(H,18,19). The van der Waals surface area contributed by atoms with Gasteiger partial charge in [0.15, 0.2) is 0 Å². The summed E-state index contributed by atoms with van der Waals surface area (Å²) in [7, 11) is -1.26. The van der Waals surface area contributed by atoms with Gasteiger partial charge in [-0.25, -0.2) is 4.98 Å². The van der Waals surface area contributed by atoms with Crippen LogP contribution in [-0.2, 0) is 5.92 Å². The fourth-order valence-electron chi connectivity index (χ4n) is 1.39. The second-order valence-corrected chi connectivity index (χ2v) is 7.01. The molecule has 0 amide bonds. The molecule has 1 aromatic heterocycles.